The Morgan fingerprint density at radius 2 is 2.24 bits per heavy atom. The predicted octanol–water partition coefficient (Wildman–Crippen LogP) is 1.59. The van der Waals surface area contributed by atoms with E-state index in [9.17, 15) is 15.2 Å². The van der Waals surface area contributed by atoms with Gasteiger partial charge in [0.2, 0.25) is 0 Å². The van der Waals surface area contributed by atoms with E-state index in [1.165, 1.54) is 12.4 Å². The van der Waals surface area contributed by atoms with Crippen LogP contribution < -0.4 is 4.90 Å². The fraction of sp³-hybridized carbons (Fsp3) is 0.545. The molecule has 0 spiro atoms. The molecule has 0 aliphatic heterocycles. The molecule has 0 fully saturated rings. The van der Waals surface area contributed by atoms with Crippen LogP contribution in [0, 0.1) is 10.1 Å². The van der Waals surface area contributed by atoms with Gasteiger partial charge in [0, 0.05) is 19.3 Å². The zero-order valence-electron chi connectivity index (χ0n) is 10.3. The van der Waals surface area contributed by atoms with E-state index in [1.54, 1.807) is 24.8 Å². The lowest BCUT2D eigenvalue weighted by Crippen LogP contribution is -2.38. The summed E-state index contributed by atoms with van der Waals surface area (Å²) in [5.41, 5.74) is -0.471. The number of anilines is 1. The molecule has 0 bridgehead atoms. The SMILES string of the molecule is CCN(CC(C)(C)O)c1ccncc1[N+](=O)[O-]. The lowest BCUT2D eigenvalue weighted by molar-refractivity contribution is -0.384. The van der Waals surface area contributed by atoms with Gasteiger partial charge in [-0.1, -0.05) is 0 Å². The maximum Gasteiger partial charge on any atom is 0.310 e. The van der Waals surface area contributed by atoms with Gasteiger partial charge >= 0.3 is 5.69 Å². The van der Waals surface area contributed by atoms with Crippen molar-refractivity contribution in [1.29, 1.82) is 0 Å². The Hall–Kier alpha value is -1.69. The highest BCUT2D eigenvalue weighted by Gasteiger charge is 2.23. The third-order valence-electron chi connectivity index (χ3n) is 2.27. The van der Waals surface area contributed by atoms with Gasteiger partial charge in [0.05, 0.1) is 10.5 Å². The molecule has 6 nitrogen and oxygen atoms in total. The standard InChI is InChI=1S/C11H17N3O3/c1-4-13(8-11(2,3)15)9-5-6-12-7-10(9)14(16)17/h5-7,15H,4,8H2,1-3H3. The van der Waals surface area contributed by atoms with Crippen molar-refractivity contribution >= 4 is 11.4 Å². The molecule has 0 aliphatic rings. The van der Waals surface area contributed by atoms with Crippen LogP contribution in [-0.4, -0.2) is 33.7 Å². The van der Waals surface area contributed by atoms with Crippen LogP contribution in [0.15, 0.2) is 18.5 Å². The predicted molar refractivity (Wildman–Crippen MR) is 65.1 cm³/mol. The molecule has 94 valence electrons. The number of likely N-dealkylation sites (N-methyl/N-ethyl adjacent to an activating group) is 1. The van der Waals surface area contributed by atoms with Crippen molar-refractivity contribution < 1.29 is 10.0 Å². The molecule has 1 rings (SSSR count). The number of nitrogens with zero attached hydrogens (tertiary/aromatic N) is 3. The van der Waals surface area contributed by atoms with Crippen molar-refractivity contribution in [3.05, 3.63) is 28.6 Å². The maximum atomic E-state index is 10.9. The maximum absolute atomic E-state index is 10.9. The number of hydrogen-bond acceptors (Lipinski definition) is 5. The monoisotopic (exact) mass is 239 g/mol. The minimum atomic E-state index is -0.910. The molecular weight excluding hydrogens is 222 g/mol. The molecule has 0 unspecified atom stereocenters. The molecule has 0 saturated carbocycles. The van der Waals surface area contributed by atoms with Crippen LogP contribution >= 0.6 is 0 Å². The van der Waals surface area contributed by atoms with Gasteiger partial charge in [0.1, 0.15) is 11.9 Å². The second-order valence-electron chi connectivity index (χ2n) is 4.45. The topological polar surface area (TPSA) is 79.5 Å². The Bertz CT molecular complexity index is 401. The molecule has 0 amide bonds. The van der Waals surface area contributed by atoms with Gasteiger partial charge in [0.15, 0.2) is 0 Å². The van der Waals surface area contributed by atoms with Crippen LogP contribution in [-0.2, 0) is 0 Å². The second-order valence-corrected chi connectivity index (χ2v) is 4.45. The normalized spacial score (nSPS) is 11.3. The highest BCUT2D eigenvalue weighted by Crippen LogP contribution is 2.27. The van der Waals surface area contributed by atoms with Crippen molar-refractivity contribution in [1.82, 2.24) is 4.98 Å². The van der Waals surface area contributed by atoms with Gasteiger partial charge < -0.3 is 10.0 Å². The highest BCUT2D eigenvalue weighted by molar-refractivity contribution is 5.61. The minimum Gasteiger partial charge on any atom is -0.389 e. The molecule has 17 heavy (non-hydrogen) atoms. The van der Waals surface area contributed by atoms with E-state index in [2.05, 4.69) is 4.98 Å². The van der Waals surface area contributed by atoms with E-state index in [0.29, 0.717) is 18.8 Å². The first kappa shape index (κ1) is 13.4. The van der Waals surface area contributed by atoms with Crippen molar-refractivity contribution in [3.63, 3.8) is 0 Å². The molecular formula is C11H17N3O3. The summed E-state index contributed by atoms with van der Waals surface area (Å²) in [7, 11) is 0. The molecule has 1 heterocycles. The van der Waals surface area contributed by atoms with Crippen LogP contribution in [0.3, 0.4) is 0 Å². The van der Waals surface area contributed by atoms with Crippen LogP contribution in [0.2, 0.25) is 0 Å². The van der Waals surface area contributed by atoms with Crippen LogP contribution in [0.1, 0.15) is 20.8 Å². The summed E-state index contributed by atoms with van der Waals surface area (Å²) in [5.74, 6) is 0. The largest absolute Gasteiger partial charge is 0.389 e. The fourth-order valence-corrected chi connectivity index (χ4v) is 1.62. The molecule has 1 aromatic rings. The molecule has 0 atom stereocenters. The average Bonchev–Trinajstić information content (AvgIpc) is 2.24. The van der Waals surface area contributed by atoms with Gasteiger partial charge in [-0.05, 0) is 26.8 Å². The smallest absolute Gasteiger partial charge is 0.310 e. The van der Waals surface area contributed by atoms with E-state index in [-0.39, 0.29) is 5.69 Å². The summed E-state index contributed by atoms with van der Waals surface area (Å²) in [6, 6.07) is 1.59. The minimum absolute atomic E-state index is 0.0430. The summed E-state index contributed by atoms with van der Waals surface area (Å²) < 4.78 is 0. The molecule has 0 saturated heterocycles. The van der Waals surface area contributed by atoms with E-state index in [1.807, 2.05) is 6.92 Å². The quantitative estimate of drug-likeness (QED) is 0.623. The Labute approximate surface area is 100 Å². The third-order valence-corrected chi connectivity index (χ3v) is 2.27. The summed E-state index contributed by atoms with van der Waals surface area (Å²) >= 11 is 0. The lowest BCUT2D eigenvalue weighted by Gasteiger charge is -2.29. The molecule has 0 aromatic carbocycles. The Morgan fingerprint density at radius 1 is 1.59 bits per heavy atom. The van der Waals surface area contributed by atoms with Crippen LogP contribution in [0.25, 0.3) is 0 Å². The van der Waals surface area contributed by atoms with Gasteiger partial charge in [-0.3, -0.25) is 15.1 Å². The molecule has 0 radical (unpaired) electrons. The van der Waals surface area contributed by atoms with Crippen LogP contribution in [0.5, 0.6) is 0 Å². The van der Waals surface area contributed by atoms with Gasteiger partial charge in [-0.2, -0.15) is 0 Å². The zero-order valence-corrected chi connectivity index (χ0v) is 10.3. The van der Waals surface area contributed by atoms with Crippen molar-refractivity contribution in [2.24, 2.45) is 0 Å². The zero-order chi connectivity index (χ0) is 13.1. The number of hydrogen-bond donors (Lipinski definition) is 1. The van der Waals surface area contributed by atoms with Crippen molar-refractivity contribution in [3.8, 4) is 0 Å². The van der Waals surface area contributed by atoms with Gasteiger partial charge in [-0.15, -0.1) is 0 Å². The van der Waals surface area contributed by atoms with Crippen LogP contribution in [0.4, 0.5) is 11.4 Å². The number of aromatic nitrogens is 1. The summed E-state index contributed by atoms with van der Waals surface area (Å²) in [5, 5.41) is 20.7. The number of pyridine rings is 1. The average molecular weight is 239 g/mol. The molecule has 1 N–H and O–H groups in total. The van der Waals surface area contributed by atoms with E-state index >= 15 is 0 Å². The Kier molecular flexibility index (Phi) is 4.01. The first-order valence-corrected chi connectivity index (χ1v) is 5.41. The number of aliphatic hydroxyl groups is 1. The molecule has 0 aliphatic carbocycles. The number of nitro groups is 1. The molecule has 6 heteroatoms. The fourth-order valence-electron chi connectivity index (χ4n) is 1.62. The third kappa shape index (κ3) is 3.67. The van der Waals surface area contributed by atoms with E-state index in [0.717, 1.165) is 0 Å². The van der Waals surface area contributed by atoms with E-state index < -0.39 is 10.5 Å². The first-order chi connectivity index (χ1) is 7.85. The molecule has 1 aromatic heterocycles. The Balaban J connectivity index is 3.07. The lowest BCUT2D eigenvalue weighted by atomic mass is 10.1. The Morgan fingerprint density at radius 3 is 2.71 bits per heavy atom. The number of rotatable bonds is 5. The highest BCUT2D eigenvalue weighted by atomic mass is 16.6. The first-order valence-electron chi connectivity index (χ1n) is 5.41. The van der Waals surface area contributed by atoms with Crippen molar-refractivity contribution in [2.75, 3.05) is 18.0 Å². The second kappa shape index (κ2) is 5.09. The summed E-state index contributed by atoms with van der Waals surface area (Å²) in [4.78, 5) is 15.9. The van der Waals surface area contributed by atoms with Gasteiger partial charge in [0.25, 0.3) is 0 Å². The summed E-state index contributed by atoms with van der Waals surface area (Å²) in [6.07, 6.45) is 2.73. The van der Waals surface area contributed by atoms with Crippen molar-refractivity contribution in [2.45, 2.75) is 26.4 Å². The van der Waals surface area contributed by atoms with E-state index in [4.69, 9.17) is 0 Å². The van der Waals surface area contributed by atoms with Gasteiger partial charge in [-0.25, -0.2) is 0 Å². The summed E-state index contributed by atoms with van der Waals surface area (Å²) in [6.45, 7) is 6.13.